The summed E-state index contributed by atoms with van der Waals surface area (Å²) in [6.07, 6.45) is 0. The van der Waals surface area contributed by atoms with Crippen molar-refractivity contribution >= 4 is 23.2 Å². The third-order valence-corrected chi connectivity index (χ3v) is 4.35. The van der Waals surface area contributed by atoms with Crippen molar-refractivity contribution < 1.29 is 9.59 Å². The number of nitrogens with zero attached hydrogens (tertiary/aromatic N) is 1. The number of nitrogens with one attached hydrogen (secondary N) is 1. The molecule has 0 saturated heterocycles. The SMILES string of the molecule is Cc1ccc(CN(C)C(=O)CNC(=O)c2cccs2)c(C)c1. The Bertz CT molecular complexity index is 665. The molecule has 0 aliphatic carbocycles. The number of hydrogen-bond donors (Lipinski definition) is 1. The van der Waals surface area contributed by atoms with Crippen molar-refractivity contribution in [1.82, 2.24) is 10.2 Å². The van der Waals surface area contributed by atoms with Crippen LogP contribution in [-0.4, -0.2) is 30.3 Å². The first-order valence-electron chi connectivity index (χ1n) is 7.09. The highest BCUT2D eigenvalue weighted by atomic mass is 32.1. The molecule has 1 aromatic carbocycles. The van der Waals surface area contributed by atoms with Crippen molar-refractivity contribution in [2.24, 2.45) is 0 Å². The largest absolute Gasteiger partial charge is 0.342 e. The number of benzene rings is 1. The fourth-order valence-corrected chi connectivity index (χ4v) is 2.79. The molecule has 0 spiro atoms. The monoisotopic (exact) mass is 316 g/mol. The maximum absolute atomic E-state index is 12.1. The van der Waals surface area contributed by atoms with Gasteiger partial charge in [0.05, 0.1) is 11.4 Å². The summed E-state index contributed by atoms with van der Waals surface area (Å²) in [4.78, 5) is 26.2. The Morgan fingerprint density at radius 1 is 1.23 bits per heavy atom. The molecule has 2 aromatic rings. The Balaban J connectivity index is 1.88. The summed E-state index contributed by atoms with van der Waals surface area (Å²) in [5.41, 5.74) is 3.49. The van der Waals surface area contributed by atoms with E-state index >= 15 is 0 Å². The number of aryl methyl sites for hydroxylation is 2. The Hall–Kier alpha value is -2.14. The van der Waals surface area contributed by atoms with Crippen LogP contribution in [0.2, 0.25) is 0 Å². The van der Waals surface area contributed by atoms with Gasteiger partial charge in [0.25, 0.3) is 5.91 Å². The van der Waals surface area contributed by atoms with Crippen LogP contribution in [0.4, 0.5) is 0 Å². The zero-order valence-corrected chi connectivity index (χ0v) is 13.9. The number of carbonyl (C=O) groups excluding carboxylic acids is 2. The molecule has 0 aliphatic heterocycles. The molecule has 1 heterocycles. The predicted octanol–water partition coefficient (Wildman–Crippen LogP) is 2.75. The second-order valence-corrected chi connectivity index (χ2v) is 6.29. The number of carbonyl (C=O) groups is 2. The van der Waals surface area contributed by atoms with Crippen molar-refractivity contribution in [1.29, 1.82) is 0 Å². The van der Waals surface area contributed by atoms with Crippen LogP contribution >= 0.6 is 11.3 Å². The lowest BCUT2D eigenvalue weighted by Gasteiger charge is -2.19. The summed E-state index contributed by atoms with van der Waals surface area (Å²) in [6.45, 7) is 4.64. The first-order valence-corrected chi connectivity index (χ1v) is 7.97. The van der Waals surface area contributed by atoms with E-state index in [1.165, 1.54) is 22.5 Å². The molecule has 1 aromatic heterocycles. The van der Waals surface area contributed by atoms with E-state index in [9.17, 15) is 9.59 Å². The van der Waals surface area contributed by atoms with Gasteiger partial charge in [-0.25, -0.2) is 0 Å². The standard InChI is InChI=1S/C17H20N2O2S/c1-12-6-7-14(13(2)9-12)11-19(3)16(20)10-18-17(21)15-5-4-8-22-15/h4-9H,10-11H2,1-3H3,(H,18,21). The Kier molecular flexibility index (Phi) is 5.33. The van der Waals surface area contributed by atoms with Gasteiger partial charge in [-0.3, -0.25) is 9.59 Å². The molecule has 0 unspecified atom stereocenters. The average Bonchev–Trinajstić information content (AvgIpc) is 3.01. The van der Waals surface area contributed by atoms with E-state index in [4.69, 9.17) is 0 Å². The van der Waals surface area contributed by atoms with Gasteiger partial charge in [-0.05, 0) is 36.4 Å². The number of hydrogen-bond acceptors (Lipinski definition) is 3. The Morgan fingerprint density at radius 3 is 2.64 bits per heavy atom. The molecule has 2 rings (SSSR count). The summed E-state index contributed by atoms with van der Waals surface area (Å²) in [5.74, 6) is -0.312. The highest BCUT2D eigenvalue weighted by Gasteiger charge is 2.13. The first kappa shape index (κ1) is 16.2. The summed E-state index contributed by atoms with van der Waals surface area (Å²) < 4.78 is 0. The van der Waals surface area contributed by atoms with Crippen LogP contribution in [0.3, 0.4) is 0 Å². The third kappa shape index (κ3) is 4.18. The topological polar surface area (TPSA) is 49.4 Å². The minimum Gasteiger partial charge on any atom is -0.342 e. The minimum atomic E-state index is -0.205. The summed E-state index contributed by atoms with van der Waals surface area (Å²) in [6, 6.07) is 9.74. The fourth-order valence-electron chi connectivity index (χ4n) is 2.15. The van der Waals surface area contributed by atoms with Crippen molar-refractivity contribution in [3.63, 3.8) is 0 Å². The predicted molar refractivity (Wildman–Crippen MR) is 89.0 cm³/mol. The second kappa shape index (κ2) is 7.22. The second-order valence-electron chi connectivity index (χ2n) is 5.34. The lowest BCUT2D eigenvalue weighted by Crippen LogP contribution is -2.37. The molecule has 0 fully saturated rings. The van der Waals surface area contributed by atoms with Crippen LogP contribution in [0, 0.1) is 13.8 Å². The van der Waals surface area contributed by atoms with Crippen molar-refractivity contribution in [3.8, 4) is 0 Å². The number of amides is 2. The normalized spacial score (nSPS) is 10.3. The average molecular weight is 316 g/mol. The summed E-state index contributed by atoms with van der Waals surface area (Å²) in [5, 5.41) is 4.49. The molecule has 0 radical (unpaired) electrons. The number of rotatable bonds is 5. The molecule has 0 aliphatic rings. The molecule has 116 valence electrons. The molecule has 2 amide bonds. The van der Waals surface area contributed by atoms with Crippen LogP contribution < -0.4 is 5.32 Å². The first-order chi connectivity index (χ1) is 10.5. The van der Waals surface area contributed by atoms with Gasteiger partial charge in [0.15, 0.2) is 0 Å². The van der Waals surface area contributed by atoms with Gasteiger partial charge in [-0.1, -0.05) is 29.8 Å². The zero-order chi connectivity index (χ0) is 16.1. The Labute approximate surface area is 134 Å². The minimum absolute atomic E-state index is 0.0120. The molecule has 4 nitrogen and oxygen atoms in total. The van der Waals surface area contributed by atoms with E-state index in [0.717, 1.165) is 5.56 Å². The van der Waals surface area contributed by atoms with Crippen LogP contribution in [0.5, 0.6) is 0 Å². The van der Waals surface area contributed by atoms with E-state index in [-0.39, 0.29) is 18.4 Å². The molecule has 22 heavy (non-hydrogen) atoms. The maximum Gasteiger partial charge on any atom is 0.261 e. The van der Waals surface area contributed by atoms with Crippen LogP contribution in [0.15, 0.2) is 35.7 Å². The van der Waals surface area contributed by atoms with Gasteiger partial charge >= 0.3 is 0 Å². The fraction of sp³-hybridized carbons (Fsp3) is 0.294. The van der Waals surface area contributed by atoms with Crippen LogP contribution in [-0.2, 0) is 11.3 Å². The van der Waals surface area contributed by atoms with Crippen LogP contribution in [0.1, 0.15) is 26.4 Å². The maximum atomic E-state index is 12.1. The molecular formula is C17H20N2O2S. The van der Waals surface area contributed by atoms with Gasteiger partial charge in [-0.15, -0.1) is 11.3 Å². The van der Waals surface area contributed by atoms with Crippen molar-refractivity contribution in [2.75, 3.05) is 13.6 Å². The quantitative estimate of drug-likeness (QED) is 0.922. The highest BCUT2D eigenvalue weighted by molar-refractivity contribution is 7.12. The lowest BCUT2D eigenvalue weighted by atomic mass is 10.1. The van der Waals surface area contributed by atoms with Gasteiger partial charge in [0.2, 0.25) is 5.91 Å². The molecule has 0 atom stereocenters. The summed E-state index contributed by atoms with van der Waals surface area (Å²) in [7, 11) is 1.75. The molecule has 1 N–H and O–H groups in total. The summed E-state index contributed by atoms with van der Waals surface area (Å²) >= 11 is 1.36. The Morgan fingerprint density at radius 2 is 2.00 bits per heavy atom. The highest BCUT2D eigenvalue weighted by Crippen LogP contribution is 2.12. The molecular weight excluding hydrogens is 296 g/mol. The van der Waals surface area contributed by atoms with Gasteiger partial charge in [0, 0.05) is 13.6 Å². The lowest BCUT2D eigenvalue weighted by molar-refractivity contribution is -0.129. The number of likely N-dealkylation sites (N-methyl/N-ethyl adjacent to an activating group) is 1. The van der Waals surface area contributed by atoms with Crippen molar-refractivity contribution in [2.45, 2.75) is 20.4 Å². The smallest absolute Gasteiger partial charge is 0.261 e. The van der Waals surface area contributed by atoms with Gasteiger partial charge < -0.3 is 10.2 Å². The van der Waals surface area contributed by atoms with Gasteiger partial charge in [-0.2, -0.15) is 0 Å². The zero-order valence-electron chi connectivity index (χ0n) is 13.1. The molecule has 0 saturated carbocycles. The van der Waals surface area contributed by atoms with E-state index < -0.39 is 0 Å². The molecule has 0 bridgehead atoms. The number of thiophene rings is 1. The third-order valence-electron chi connectivity index (χ3n) is 3.48. The van der Waals surface area contributed by atoms with E-state index in [0.29, 0.717) is 11.4 Å². The van der Waals surface area contributed by atoms with Crippen molar-refractivity contribution in [3.05, 3.63) is 57.3 Å². The van der Waals surface area contributed by atoms with Gasteiger partial charge in [0.1, 0.15) is 0 Å². The van der Waals surface area contributed by atoms with Crippen LogP contribution in [0.25, 0.3) is 0 Å². The molecule has 5 heteroatoms. The van der Waals surface area contributed by atoms with E-state index in [2.05, 4.69) is 11.4 Å². The van der Waals surface area contributed by atoms with E-state index in [1.54, 1.807) is 18.0 Å². The van der Waals surface area contributed by atoms with E-state index in [1.807, 2.05) is 37.4 Å².